The summed E-state index contributed by atoms with van der Waals surface area (Å²) < 4.78 is 4.78. The maximum absolute atomic E-state index is 12.4. The lowest BCUT2D eigenvalue weighted by atomic mass is 9.97. The molecule has 0 atom stereocenters. The highest BCUT2D eigenvalue weighted by molar-refractivity contribution is 7.10. The third-order valence-corrected chi connectivity index (χ3v) is 5.65. The summed E-state index contributed by atoms with van der Waals surface area (Å²) >= 11 is 1.81. The van der Waals surface area contributed by atoms with Crippen LogP contribution in [0.2, 0.25) is 0 Å². The Balaban J connectivity index is 1.48. The van der Waals surface area contributed by atoms with Gasteiger partial charge in [0.25, 0.3) is 0 Å². The van der Waals surface area contributed by atoms with Crippen molar-refractivity contribution in [2.24, 2.45) is 5.92 Å². The molecule has 2 aliphatic heterocycles. The van der Waals surface area contributed by atoms with Crippen LogP contribution in [0.1, 0.15) is 23.3 Å². The number of rotatable bonds is 3. The zero-order valence-corrected chi connectivity index (χ0v) is 13.7. The minimum atomic E-state index is -0.145. The highest BCUT2D eigenvalue weighted by Gasteiger charge is 2.29. The molecule has 1 aromatic heterocycles. The molecule has 120 valence electrons. The van der Waals surface area contributed by atoms with E-state index in [1.54, 1.807) is 0 Å². The van der Waals surface area contributed by atoms with Gasteiger partial charge < -0.3 is 9.64 Å². The topological polar surface area (TPSA) is 49.9 Å². The van der Waals surface area contributed by atoms with E-state index in [1.165, 1.54) is 17.6 Å². The van der Waals surface area contributed by atoms with Crippen molar-refractivity contribution < 1.29 is 14.3 Å². The highest BCUT2D eigenvalue weighted by atomic mass is 32.1. The summed E-state index contributed by atoms with van der Waals surface area (Å²) in [4.78, 5) is 29.5. The fourth-order valence-electron chi connectivity index (χ4n) is 3.26. The standard InChI is InChI=1S/C16H22N2O3S/c1-21-16(20)12-2-7-18(8-3-12)15(19)11-17-6-4-14-13(10-17)5-9-22-14/h5,9,12H,2-4,6-8,10-11H2,1H3. The summed E-state index contributed by atoms with van der Waals surface area (Å²) in [6.07, 6.45) is 2.48. The third kappa shape index (κ3) is 3.33. The number of ether oxygens (including phenoxy) is 1. The second kappa shape index (κ2) is 6.79. The first-order valence-electron chi connectivity index (χ1n) is 7.80. The average molecular weight is 322 g/mol. The molecule has 0 saturated carbocycles. The second-order valence-corrected chi connectivity index (χ2v) is 7.01. The molecule has 0 N–H and O–H groups in total. The molecule has 1 amide bonds. The Kier molecular flexibility index (Phi) is 4.78. The molecule has 6 heteroatoms. The van der Waals surface area contributed by atoms with Crippen LogP contribution < -0.4 is 0 Å². The number of methoxy groups -OCH3 is 1. The SMILES string of the molecule is COC(=O)C1CCN(C(=O)CN2CCc3sccc3C2)CC1. The first-order chi connectivity index (χ1) is 10.7. The minimum Gasteiger partial charge on any atom is -0.469 e. The Hall–Kier alpha value is -1.40. The number of thiophene rings is 1. The van der Waals surface area contributed by atoms with Gasteiger partial charge in [0.05, 0.1) is 19.6 Å². The van der Waals surface area contributed by atoms with Gasteiger partial charge in [-0.05, 0) is 36.3 Å². The van der Waals surface area contributed by atoms with Gasteiger partial charge in [0, 0.05) is 31.1 Å². The van der Waals surface area contributed by atoms with Gasteiger partial charge in [0.15, 0.2) is 0 Å². The molecular formula is C16H22N2O3S. The predicted octanol–water partition coefficient (Wildman–Crippen LogP) is 1.52. The van der Waals surface area contributed by atoms with E-state index in [4.69, 9.17) is 4.74 Å². The van der Waals surface area contributed by atoms with Crippen LogP contribution in [0.15, 0.2) is 11.4 Å². The summed E-state index contributed by atoms with van der Waals surface area (Å²) in [6, 6.07) is 2.17. The Morgan fingerprint density at radius 3 is 2.82 bits per heavy atom. The van der Waals surface area contributed by atoms with Gasteiger partial charge in [-0.15, -0.1) is 11.3 Å². The van der Waals surface area contributed by atoms with Crippen molar-refractivity contribution in [1.29, 1.82) is 0 Å². The molecule has 1 fully saturated rings. The molecule has 3 rings (SSSR count). The third-order valence-electron chi connectivity index (χ3n) is 4.63. The Bertz CT molecular complexity index is 549. The number of likely N-dealkylation sites (tertiary alicyclic amines) is 1. The van der Waals surface area contributed by atoms with Crippen molar-refractivity contribution in [1.82, 2.24) is 9.80 Å². The van der Waals surface area contributed by atoms with Crippen molar-refractivity contribution in [3.8, 4) is 0 Å². The molecule has 22 heavy (non-hydrogen) atoms. The molecule has 0 aromatic carbocycles. The lowest BCUT2D eigenvalue weighted by Crippen LogP contribution is -2.46. The number of carbonyl (C=O) groups excluding carboxylic acids is 2. The molecule has 1 saturated heterocycles. The summed E-state index contributed by atoms with van der Waals surface area (Å²) in [5.41, 5.74) is 1.37. The Labute approximate surface area is 134 Å². The normalized spacial score (nSPS) is 19.8. The minimum absolute atomic E-state index is 0.0441. The van der Waals surface area contributed by atoms with Crippen molar-refractivity contribution in [3.63, 3.8) is 0 Å². The van der Waals surface area contributed by atoms with Crippen LogP contribution in [0, 0.1) is 5.92 Å². The lowest BCUT2D eigenvalue weighted by molar-refractivity contribution is -0.149. The van der Waals surface area contributed by atoms with E-state index in [2.05, 4.69) is 16.3 Å². The van der Waals surface area contributed by atoms with Gasteiger partial charge in [0.2, 0.25) is 5.91 Å². The van der Waals surface area contributed by atoms with E-state index in [1.807, 2.05) is 16.2 Å². The second-order valence-electron chi connectivity index (χ2n) is 6.01. The predicted molar refractivity (Wildman–Crippen MR) is 84.6 cm³/mol. The molecule has 0 unspecified atom stereocenters. The molecule has 0 bridgehead atoms. The maximum Gasteiger partial charge on any atom is 0.308 e. The smallest absolute Gasteiger partial charge is 0.308 e. The Morgan fingerprint density at radius 1 is 1.32 bits per heavy atom. The van der Waals surface area contributed by atoms with Gasteiger partial charge >= 0.3 is 5.97 Å². The zero-order chi connectivity index (χ0) is 15.5. The molecular weight excluding hydrogens is 300 g/mol. The molecule has 0 radical (unpaired) electrons. The van der Waals surface area contributed by atoms with E-state index in [9.17, 15) is 9.59 Å². The maximum atomic E-state index is 12.4. The number of carbonyl (C=O) groups is 2. The largest absolute Gasteiger partial charge is 0.469 e. The van der Waals surface area contributed by atoms with Crippen molar-refractivity contribution in [2.45, 2.75) is 25.8 Å². The monoisotopic (exact) mass is 322 g/mol. The van der Waals surface area contributed by atoms with Crippen molar-refractivity contribution >= 4 is 23.2 Å². The fourth-order valence-corrected chi connectivity index (χ4v) is 4.15. The number of esters is 1. The van der Waals surface area contributed by atoms with Crippen LogP contribution in [0.5, 0.6) is 0 Å². The first-order valence-corrected chi connectivity index (χ1v) is 8.68. The number of piperidine rings is 1. The zero-order valence-electron chi connectivity index (χ0n) is 12.9. The molecule has 0 aliphatic carbocycles. The van der Waals surface area contributed by atoms with Gasteiger partial charge in [-0.1, -0.05) is 0 Å². The first kappa shape index (κ1) is 15.5. The lowest BCUT2D eigenvalue weighted by Gasteiger charge is -2.33. The quantitative estimate of drug-likeness (QED) is 0.792. The average Bonchev–Trinajstić information content (AvgIpc) is 3.02. The molecule has 3 heterocycles. The van der Waals surface area contributed by atoms with E-state index < -0.39 is 0 Å². The summed E-state index contributed by atoms with van der Waals surface area (Å²) in [5, 5.41) is 2.13. The molecule has 2 aliphatic rings. The van der Waals surface area contributed by atoms with E-state index >= 15 is 0 Å². The van der Waals surface area contributed by atoms with Crippen LogP contribution in [0.25, 0.3) is 0 Å². The summed E-state index contributed by atoms with van der Waals surface area (Å²) in [6.45, 7) is 3.64. The summed E-state index contributed by atoms with van der Waals surface area (Å²) in [5.74, 6) is -0.00693. The van der Waals surface area contributed by atoms with Crippen LogP contribution in [0.4, 0.5) is 0 Å². The number of hydrogen-bond donors (Lipinski definition) is 0. The van der Waals surface area contributed by atoms with Gasteiger partial charge in [0.1, 0.15) is 0 Å². The van der Waals surface area contributed by atoms with Crippen LogP contribution in [-0.2, 0) is 27.3 Å². The summed E-state index contributed by atoms with van der Waals surface area (Å²) in [7, 11) is 1.43. The van der Waals surface area contributed by atoms with Crippen molar-refractivity contribution in [3.05, 3.63) is 21.9 Å². The number of hydrogen-bond acceptors (Lipinski definition) is 5. The van der Waals surface area contributed by atoms with Crippen LogP contribution >= 0.6 is 11.3 Å². The van der Waals surface area contributed by atoms with Gasteiger partial charge in [-0.25, -0.2) is 0 Å². The van der Waals surface area contributed by atoms with E-state index in [0.717, 1.165) is 19.5 Å². The number of amides is 1. The van der Waals surface area contributed by atoms with Crippen LogP contribution in [-0.4, -0.2) is 55.0 Å². The Morgan fingerprint density at radius 2 is 2.09 bits per heavy atom. The number of nitrogens with zero attached hydrogens (tertiary/aromatic N) is 2. The molecule has 0 spiro atoms. The molecule has 1 aromatic rings. The molecule has 5 nitrogen and oxygen atoms in total. The highest BCUT2D eigenvalue weighted by Crippen LogP contribution is 2.24. The van der Waals surface area contributed by atoms with Gasteiger partial charge in [-0.3, -0.25) is 14.5 Å². The van der Waals surface area contributed by atoms with Crippen molar-refractivity contribution in [2.75, 3.05) is 33.3 Å². The fraction of sp³-hybridized carbons (Fsp3) is 0.625. The van der Waals surface area contributed by atoms with Gasteiger partial charge in [-0.2, -0.15) is 0 Å². The van der Waals surface area contributed by atoms with E-state index in [-0.39, 0.29) is 17.8 Å². The van der Waals surface area contributed by atoms with E-state index in [0.29, 0.717) is 32.5 Å². The van der Waals surface area contributed by atoms with Crippen LogP contribution in [0.3, 0.4) is 0 Å². The number of fused-ring (bicyclic) bond motifs is 1.